The highest BCUT2D eigenvalue weighted by atomic mass is 35.5. The third-order valence-electron chi connectivity index (χ3n) is 3.48. The Balaban J connectivity index is 1.51. The number of hydrogen-bond donors (Lipinski definition) is 2. The maximum Gasteiger partial charge on any atom is 0.124 e. The smallest absolute Gasteiger partial charge is 0.124 e. The maximum atomic E-state index is 6.15. The van der Waals surface area contributed by atoms with Crippen molar-refractivity contribution >= 4 is 29.0 Å². The average Bonchev–Trinajstić information content (AvgIpc) is 2.89. The first-order valence-corrected chi connectivity index (χ1v) is 7.38. The molecule has 1 aromatic carbocycles. The van der Waals surface area contributed by atoms with E-state index in [9.17, 15) is 0 Å². The molecule has 0 bridgehead atoms. The first kappa shape index (κ1) is 13.7. The number of rotatable bonds is 4. The molecular weight excluding hydrogens is 295 g/mol. The molecule has 6 heteroatoms. The van der Waals surface area contributed by atoms with Crippen LogP contribution in [-0.2, 0) is 13.1 Å². The first-order chi connectivity index (χ1) is 9.72. The quantitative estimate of drug-likeness (QED) is 0.912. The van der Waals surface area contributed by atoms with Crippen LogP contribution in [0.25, 0.3) is 0 Å². The molecule has 0 saturated carbocycles. The number of nitrogens with zero attached hydrogens (tertiary/aromatic N) is 2. The number of fused-ring (bicyclic) bond motifs is 1. The van der Waals surface area contributed by atoms with Gasteiger partial charge in [0.1, 0.15) is 5.82 Å². The zero-order chi connectivity index (χ0) is 13.9. The van der Waals surface area contributed by atoms with Crippen molar-refractivity contribution in [2.24, 2.45) is 5.92 Å². The van der Waals surface area contributed by atoms with Gasteiger partial charge in [0.05, 0.1) is 6.20 Å². The Morgan fingerprint density at radius 2 is 2.25 bits per heavy atom. The van der Waals surface area contributed by atoms with Gasteiger partial charge in [-0.25, -0.2) is 4.68 Å². The second-order valence-electron chi connectivity index (χ2n) is 5.01. The van der Waals surface area contributed by atoms with Gasteiger partial charge in [0.2, 0.25) is 0 Å². The summed E-state index contributed by atoms with van der Waals surface area (Å²) in [5.74, 6) is 1.62. The number of nitrogens with one attached hydrogen (secondary N) is 2. The summed E-state index contributed by atoms with van der Waals surface area (Å²) in [4.78, 5) is 0. The van der Waals surface area contributed by atoms with E-state index >= 15 is 0 Å². The van der Waals surface area contributed by atoms with Crippen molar-refractivity contribution in [3.05, 3.63) is 46.1 Å². The van der Waals surface area contributed by atoms with Gasteiger partial charge in [-0.05, 0) is 17.7 Å². The van der Waals surface area contributed by atoms with Crippen molar-refractivity contribution in [1.29, 1.82) is 0 Å². The largest absolute Gasteiger partial charge is 0.370 e. The SMILES string of the molecule is Clc1ccc(CNC[C@@H]2CNc3ccnn3C2)c(Cl)c1. The fourth-order valence-corrected chi connectivity index (χ4v) is 2.87. The topological polar surface area (TPSA) is 41.9 Å². The fourth-order valence-electron chi connectivity index (χ4n) is 2.40. The van der Waals surface area contributed by atoms with Gasteiger partial charge < -0.3 is 10.6 Å². The number of halogens is 2. The molecule has 0 unspecified atom stereocenters. The summed E-state index contributed by atoms with van der Waals surface area (Å²) in [6.45, 7) is 3.58. The van der Waals surface area contributed by atoms with Crippen molar-refractivity contribution in [1.82, 2.24) is 15.1 Å². The summed E-state index contributed by atoms with van der Waals surface area (Å²) >= 11 is 12.0. The molecule has 1 aliphatic rings. The van der Waals surface area contributed by atoms with E-state index in [4.69, 9.17) is 23.2 Å². The maximum absolute atomic E-state index is 6.15. The lowest BCUT2D eigenvalue weighted by Gasteiger charge is -2.25. The molecule has 0 fully saturated rings. The van der Waals surface area contributed by atoms with Crippen LogP contribution < -0.4 is 10.6 Å². The van der Waals surface area contributed by atoms with Crippen LogP contribution in [0.5, 0.6) is 0 Å². The van der Waals surface area contributed by atoms with E-state index in [1.807, 2.05) is 29.1 Å². The van der Waals surface area contributed by atoms with E-state index < -0.39 is 0 Å². The van der Waals surface area contributed by atoms with Crippen LogP contribution in [0.3, 0.4) is 0 Å². The Hall–Kier alpha value is -1.23. The van der Waals surface area contributed by atoms with Crippen molar-refractivity contribution in [2.45, 2.75) is 13.1 Å². The lowest BCUT2D eigenvalue weighted by atomic mass is 10.1. The minimum Gasteiger partial charge on any atom is -0.370 e. The van der Waals surface area contributed by atoms with Gasteiger partial charge in [0.25, 0.3) is 0 Å². The van der Waals surface area contributed by atoms with E-state index in [0.717, 1.165) is 37.6 Å². The number of anilines is 1. The summed E-state index contributed by atoms with van der Waals surface area (Å²) in [6, 6.07) is 7.60. The average molecular weight is 311 g/mol. The molecule has 0 spiro atoms. The highest BCUT2D eigenvalue weighted by Crippen LogP contribution is 2.21. The molecule has 2 aromatic rings. The minimum absolute atomic E-state index is 0.522. The molecule has 0 aliphatic carbocycles. The molecule has 0 radical (unpaired) electrons. The summed E-state index contributed by atoms with van der Waals surface area (Å²) in [5.41, 5.74) is 1.07. The molecule has 4 nitrogen and oxygen atoms in total. The van der Waals surface area contributed by atoms with E-state index in [2.05, 4.69) is 15.7 Å². The first-order valence-electron chi connectivity index (χ1n) is 6.62. The molecule has 2 N–H and O–H groups in total. The molecule has 3 rings (SSSR count). The summed E-state index contributed by atoms with van der Waals surface area (Å²) < 4.78 is 2.01. The fraction of sp³-hybridized carbons (Fsp3) is 0.357. The zero-order valence-electron chi connectivity index (χ0n) is 10.9. The van der Waals surface area contributed by atoms with Gasteiger partial charge in [-0.3, -0.25) is 0 Å². The lowest BCUT2D eigenvalue weighted by molar-refractivity contribution is 0.391. The molecule has 20 heavy (non-hydrogen) atoms. The Kier molecular flexibility index (Phi) is 4.15. The number of aromatic nitrogens is 2. The predicted molar refractivity (Wildman–Crippen MR) is 82.4 cm³/mol. The third-order valence-corrected chi connectivity index (χ3v) is 4.07. The highest BCUT2D eigenvalue weighted by molar-refractivity contribution is 6.35. The van der Waals surface area contributed by atoms with Crippen molar-refractivity contribution < 1.29 is 0 Å². The van der Waals surface area contributed by atoms with Crippen LogP contribution in [0.15, 0.2) is 30.5 Å². The van der Waals surface area contributed by atoms with Crippen molar-refractivity contribution in [3.8, 4) is 0 Å². The molecule has 1 atom stereocenters. The van der Waals surface area contributed by atoms with Gasteiger partial charge in [-0.1, -0.05) is 29.3 Å². The summed E-state index contributed by atoms with van der Waals surface area (Å²) in [7, 11) is 0. The molecule has 1 aliphatic heterocycles. The molecule has 0 saturated heterocycles. The molecule has 2 heterocycles. The molecule has 1 aromatic heterocycles. The Bertz CT molecular complexity index is 597. The molecular formula is C14H16Cl2N4. The normalized spacial score (nSPS) is 17.6. The molecule has 0 amide bonds. The number of hydrogen-bond acceptors (Lipinski definition) is 3. The summed E-state index contributed by atoms with van der Waals surface area (Å²) in [6.07, 6.45) is 1.83. The second-order valence-corrected chi connectivity index (χ2v) is 5.86. The van der Waals surface area contributed by atoms with Crippen molar-refractivity contribution in [3.63, 3.8) is 0 Å². The van der Waals surface area contributed by atoms with Crippen LogP contribution in [-0.4, -0.2) is 22.9 Å². The Labute approximate surface area is 128 Å². The number of benzene rings is 1. The zero-order valence-corrected chi connectivity index (χ0v) is 12.5. The minimum atomic E-state index is 0.522. The van der Waals surface area contributed by atoms with E-state index in [0.29, 0.717) is 16.0 Å². The van der Waals surface area contributed by atoms with Crippen LogP contribution in [0.4, 0.5) is 5.82 Å². The monoisotopic (exact) mass is 310 g/mol. The van der Waals surface area contributed by atoms with Crippen LogP contribution in [0, 0.1) is 5.92 Å². The Morgan fingerprint density at radius 3 is 3.10 bits per heavy atom. The van der Waals surface area contributed by atoms with Gasteiger partial charge in [-0.15, -0.1) is 0 Å². The lowest BCUT2D eigenvalue weighted by Crippen LogP contribution is -2.35. The predicted octanol–water partition coefficient (Wildman–Crippen LogP) is 3.02. The molecule has 106 valence electrons. The van der Waals surface area contributed by atoms with E-state index in [1.165, 1.54) is 0 Å². The summed E-state index contributed by atoms with van der Waals surface area (Å²) in [5, 5.41) is 12.5. The van der Waals surface area contributed by atoms with E-state index in [1.54, 1.807) is 6.07 Å². The van der Waals surface area contributed by atoms with E-state index in [-0.39, 0.29) is 0 Å². The Morgan fingerprint density at radius 1 is 1.35 bits per heavy atom. The van der Waals surface area contributed by atoms with Gasteiger partial charge >= 0.3 is 0 Å². The van der Waals surface area contributed by atoms with Crippen LogP contribution in [0.1, 0.15) is 5.56 Å². The second kappa shape index (κ2) is 6.04. The van der Waals surface area contributed by atoms with Gasteiger partial charge in [-0.2, -0.15) is 5.10 Å². The van der Waals surface area contributed by atoms with Crippen LogP contribution in [0.2, 0.25) is 10.0 Å². The van der Waals surface area contributed by atoms with Crippen LogP contribution >= 0.6 is 23.2 Å². The highest BCUT2D eigenvalue weighted by Gasteiger charge is 2.17. The van der Waals surface area contributed by atoms with Gasteiger partial charge in [0.15, 0.2) is 0 Å². The standard InChI is InChI=1S/C14H16Cl2N4/c15-12-2-1-11(13(16)5-12)8-17-6-10-7-18-14-3-4-19-20(14)9-10/h1-5,10,17-18H,6-9H2/t10-/m1/s1. The van der Waals surface area contributed by atoms with Gasteiger partial charge in [0, 0.05) is 48.2 Å². The van der Waals surface area contributed by atoms with Crippen molar-refractivity contribution in [2.75, 3.05) is 18.4 Å². The third kappa shape index (κ3) is 3.08.